The number of hydrogen-bond acceptors (Lipinski definition) is 9. The van der Waals surface area contributed by atoms with E-state index in [1.165, 1.54) is 35.5 Å². The maximum Gasteiger partial charge on any atom is 0.340 e. The summed E-state index contributed by atoms with van der Waals surface area (Å²) in [6.07, 6.45) is -4.53. The Kier molecular flexibility index (Phi) is 10.9. The number of benzene rings is 7. The van der Waals surface area contributed by atoms with Gasteiger partial charge >= 0.3 is 11.9 Å². The van der Waals surface area contributed by atoms with Crippen molar-refractivity contribution in [2.75, 3.05) is 35.5 Å². The Morgan fingerprint density at radius 2 is 0.818 bits per heavy atom. The Morgan fingerprint density at radius 3 is 1.20 bits per heavy atom. The highest BCUT2D eigenvalue weighted by Gasteiger charge is 2.37. The number of fused-ring (bicyclic) bond motifs is 4. The molecule has 0 bridgehead atoms. The zero-order chi connectivity index (χ0) is 38.6. The van der Waals surface area contributed by atoms with Gasteiger partial charge in [-0.1, -0.05) is 97.1 Å². The fourth-order valence-electron chi connectivity index (χ4n) is 7.51. The van der Waals surface area contributed by atoms with Crippen molar-refractivity contribution in [3.63, 3.8) is 0 Å². The molecule has 9 nitrogen and oxygen atoms in total. The first-order valence-electron chi connectivity index (χ1n) is 17.9. The Balaban J connectivity index is 1.31. The SMILES string of the molecule is COc1cc(OC)c([C@H](OC(=O)[C@@H](OC)c2c3ccccc3cc3ccccc23)[C@@H](C)OC(=O)[C@@H](OC)c2c3ccccc3cc3ccccc23)cc1OC. The normalized spacial score (nSPS) is 13.6. The van der Waals surface area contributed by atoms with Crippen LogP contribution in [0.4, 0.5) is 0 Å². The first-order chi connectivity index (χ1) is 26.8. The van der Waals surface area contributed by atoms with Crippen LogP contribution in [0, 0.1) is 0 Å². The van der Waals surface area contributed by atoms with Crippen LogP contribution in [0.1, 0.15) is 41.9 Å². The van der Waals surface area contributed by atoms with Crippen molar-refractivity contribution in [3.05, 3.63) is 138 Å². The highest BCUT2D eigenvalue weighted by molar-refractivity contribution is 6.06. The van der Waals surface area contributed by atoms with Crippen molar-refractivity contribution in [1.82, 2.24) is 0 Å². The number of rotatable bonds is 13. The van der Waals surface area contributed by atoms with Crippen molar-refractivity contribution in [3.8, 4) is 17.2 Å². The molecule has 0 saturated carbocycles. The number of methoxy groups -OCH3 is 5. The second-order valence-electron chi connectivity index (χ2n) is 13.1. The molecule has 0 fully saturated rings. The van der Waals surface area contributed by atoms with E-state index in [1.807, 2.05) is 97.1 Å². The molecule has 0 aliphatic heterocycles. The lowest BCUT2D eigenvalue weighted by Crippen LogP contribution is -2.31. The van der Waals surface area contributed by atoms with Gasteiger partial charge < -0.3 is 33.2 Å². The van der Waals surface area contributed by atoms with Gasteiger partial charge in [0.15, 0.2) is 29.8 Å². The van der Waals surface area contributed by atoms with Crippen LogP contribution in [-0.4, -0.2) is 53.6 Å². The second kappa shape index (κ2) is 16.1. The highest BCUT2D eigenvalue weighted by Crippen LogP contribution is 2.43. The predicted molar refractivity (Wildman–Crippen MR) is 213 cm³/mol. The summed E-state index contributed by atoms with van der Waals surface area (Å²) in [6.45, 7) is 1.66. The minimum absolute atomic E-state index is 0.325. The topological polar surface area (TPSA) is 98.8 Å². The first-order valence-corrected chi connectivity index (χ1v) is 17.9. The predicted octanol–water partition coefficient (Wildman–Crippen LogP) is 9.62. The molecule has 0 aliphatic carbocycles. The minimum Gasteiger partial charge on any atom is -0.496 e. The molecular weight excluding hydrogens is 696 g/mol. The minimum atomic E-state index is -1.20. The van der Waals surface area contributed by atoms with E-state index in [1.54, 1.807) is 19.1 Å². The molecule has 0 aliphatic rings. The molecule has 0 spiro atoms. The maximum atomic E-state index is 14.6. The second-order valence-corrected chi connectivity index (χ2v) is 13.1. The van der Waals surface area contributed by atoms with Crippen LogP contribution < -0.4 is 14.2 Å². The largest absolute Gasteiger partial charge is 0.496 e. The molecule has 9 heteroatoms. The van der Waals surface area contributed by atoms with Gasteiger partial charge in [-0.15, -0.1) is 0 Å². The fraction of sp³-hybridized carbons (Fsp3) is 0.217. The molecule has 4 atom stereocenters. The number of esters is 2. The van der Waals surface area contributed by atoms with Gasteiger partial charge in [0.05, 0.1) is 21.3 Å². The van der Waals surface area contributed by atoms with Crippen LogP contribution in [0.25, 0.3) is 43.1 Å². The third kappa shape index (κ3) is 7.00. The van der Waals surface area contributed by atoms with Crippen LogP contribution in [0.5, 0.6) is 17.2 Å². The van der Waals surface area contributed by atoms with E-state index in [0.29, 0.717) is 33.9 Å². The molecule has 0 saturated heterocycles. The number of carbonyl (C=O) groups is 2. The summed E-state index contributed by atoms with van der Waals surface area (Å²) in [4.78, 5) is 29.0. The van der Waals surface area contributed by atoms with Gasteiger partial charge in [-0.2, -0.15) is 0 Å². The van der Waals surface area contributed by atoms with E-state index in [4.69, 9.17) is 33.2 Å². The Hall–Kier alpha value is -6.16. The monoisotopic (exact) mass is 738 g/mol. The lowest BCUT2D eigenvalue weighted by Gasteiger charge is -2.29. The van der Waals surface area contributed by atoms with Gasteiger partial charge in [0.2, 0.25) is 0 Å². The van der Waals surface area contributed by atoms with Crippen molar-refractivity contribution in [2.45, 2.75) is 31.3 Å². The summed E-state index contributed by atoms with van der Waals surface area (Å²) in [7, 11) is 7.45. The van der Waals surface area contributed by atoms with Crippen molar-refractivity contribution >= 4 is 55.0 Å². The Morgan fingerprint density at radius 1 is 0.455 bits per heavy atom. The molecule has 0 aromatic heterocycles. The molecule has 7 aromatic carbocycles. The highest BCUT2D eigenvalue weighted by atomic mass is 16.6. The fourth-order valence-corrected chi connectivity index (χ4v) is 7.51. The van der Waals surface area contributed by atoms with E-state index >= 15 is 0 Å². The standard InChI is InChI=1S/C46H42O9/c1-27(54-45(47)43(52-5)40-32-19-11-7-15-28(32)23-29-16-8-12-20-33(29)40)42(36-25-38(50-3)39(51-4)26-37(36)49-2)55-46(48)44(53-6)41-34-21-13-9-17-30(34)24-31-18-10-14-22-35(31)41/h7-27,42-44H,1-6H3/t27-,42-,43+,44+/m1/s1. The molecule has 7 aromatic rings. The van der Waals surface area contributed by atoms with Crippen molar-refractivity contribution < 1.29 is 42.7 Å². The third-order valence-corrected chi connectivity index (χ3v) is 10.1. The van der Waals surface area contributed by atoms with Crippen molar-refractivity contribution in [1.29, 1.82) is 0 Å². The number of carbonyl (C=O) groups excluding carboxylic acids is 2. The smallest absolute Gasteiger partial charge is 0.340 e. The molecule has 0 amide bonds. The maximum absolute atomic E-state index is 14.6. The van der Waals surface area contributed by atoms with Gasteiger partial charge in [0.1, 0.15) is 11.9 Å². The van der Waals surface area contributed by atoms with E-state index in [-0.39, 0.29) is 0 Å². The van der Waals surface area contributed by atoms with Gasteiger partial charge in [-0.05, 0) is 68.2 Å². The zero-order valence-electron chi connectivity index (χ0n) is 31.5. The van der Waals surface area contributed by atoms with E-state index in [2.05, 4.69) is 12.1 Å². The third-order valence-electron chi connectivity index (χ3n) is 10.1. The lowest BCUT2D eigenvalue weighted by atomic mass is 9.93. The zero-order valence-corrected chi connectivity index (χ0v) is 31.5. The van der Waals surface area contributed by atoms with Gasteiger partial charge in [0.25, 0.3) is 0 Å². The Labute approximate surface area is 319 Å². The molecule has 7 rings (SSSR count). The first kappa shape index (κ1) is 37.2. The molecule has 0 unspecified atom stereocenters. The molecule has 0 heterocycles. The molecule has 280 valence electrons. The molecule has 0 N–H and O–H groups in total. The quantitative estimate of drug-likeness (QED) is 0.0846. The average molecular weight is 739 g/mol. The molecule has 0 radical (unpaired) electrons. The van der Waals surface area contributed by atoms with Crippen LogP contribution in [0.3, 0.4) is 0 Å². The summed E-state index contributed by atoms with van der Waals surface area (Å²) in [5.41, 5.74) is 1.72. The van der Waals surface area contributed by atoms with Crippen molar-refractivity contribution in [2.24, 2.45) is 0 Å². The van der Waals surface area contributed by atoms with Crippen LogP contribution >= 0.6 is 0 Å². The van der Waals surface area contributed by atoms with E-state index < -0.39 is 36.4 Å². The molecule has 55 heavy (non-hydrogen) atoms. The van der Waals surface area contributed by atoms with Gasteiger partial charge in [-0.3, -0.25) is 0 Å². The van der Waals surface area contributed by atoms with Crippen LogP contribution in [0.15, 0.2) is 121 Å². The summed E-state index contributed by atoms with van der Waals surface area (Å²) in [5, 5.41) is 7.18. The van der Waals surface area contributed by atoms with E-state index in [9.17, 15) is 9.59 Å². The van der Waals surface area contributed by atoms with Gasteiger partial charge in [0, 0.05) is 37.0 Å². The summed E-state index contributed by atoms with van der Waals surface area (Å²) >= 11 is 0. The summed E-state index contributed by atoms with van der Waals surface area (Å²) in [6, 6.07) is 38.7. The van der Waals surface area contributed by atoms with Crippen LogP contribution in [0.2, 0.25) is 0 Å². The van der Waals surface area contributed by atoms with Gasteiger partial charge in [-0.25, -0.2) is 9.59 Å². The average Bonchev–Trinajstić information content (AvgIpc) is 3.22. The van der Waals surface area contributed by atoms with Crippen LogP contribution in [-0.2, 0) is 28.5 Å². The molecular formula is C46H42O9. The number of ether oxygens (including phenoxy) is 7. The lowest BCUT2D eigenvalue weighted by molar-refractivity contribution is -0.180. The summed E-state index contributed by atoms with van der Waals surface area (Å²) in [5.74, 6) is -0.279. The Bertz CT molecular complexity index is 2420. The number of hydrogen-bond donors (Lipinski definition) is 0. The summed E-state index contributed by atoms with van der Waals surface area (Å²) < 4.78 is 41.6. The van der Waals surface area contributed by atoms with E-state index in [0.717, 1.165) is 43.1 Å².